The first kappa shape index (κ1) is 37.9. The molecule has 0 saturated heterocycles. The molecule has 0 unspecified atom stereocenters. The summed E-state index contributed by atoms with van der Waals surface area (Å²) in [4.78, 5) is 28.7. The van der Waals surface area contributed by atoms with Gasteiger partial charge in [-0.3, -0.25) is 9.69 Å². The Morgan fingerprint density at radius 3 is 1.91 bits per heavy atom. The number of carboxylic acid groups (broad SMARTS) is 1. The van der Waals surface area contributed by atoms with Crippen LogP contribution in [0.2, 0.25) is 0 Å². The lowest BCUT2D eigenvalue weighted by molar-refractivity contribution is -0.142. The van der Waals surface area contributed by atoms with Crippen LogP contribution in [0.3, 0.4) is 0 Å². The summed E-state index contributed by atoms with van der Waals surface area (Å²) in [5.41, 5.74) is 3.26. The molecule has 6 rings (SSSR count). The molecule has 53 heavy (non-hydrogen) atoms. The summed E-state index contributed by atoms with van der Waals surface area (Å²) >= 11 is 0. The van der Waals surface area contributed by atoms with Crippen molar-refractivity contribution in [2.24, 2.45) is 5.92 Å². The van der Waals surface area contributed by atoms with Crippen molar-refractivity contribution in [2.45, 2.75) is 95.9 Å². The molecule has 1 heterocycles. The van der Waals surface area contributed by atoms with Gasteiger partial charge in [-0.1, -0.05) is 76.8 Å². The molecule has 2 atom stereocenters. The highest BCUT2D eigenvalue weighted by molar-refractivity contribution is 5.87. The van der Waals surface area contributed by atoms with Gasteiger partial charge >= 0.3 is 12.1 Å². The summed E-state index contributed by atoms with van der Waals surface area (Å²) < 4.78 is 50.6. The number of ether oxygens (including phenoxy) is 2. The summed E-state index contributed by atoms with van der Waals surface area (Å²) in [5, 5.41) is 13.0. The maximum absolute atomic E-state index is 14.0. The van der Waals surface area contributed by atoms with Crippen LogP contribution in [0.15, 0.2) is 91.0 Å². The highest BCUT2D eigenvalue weighted by Gasteiger charge is 2.35. The summed E-state index contributed by atoms with van der Waals surface area (Å²) in [6, 6.07) is 23.4. The molecule has 1 aliphatic heterocycles. The molecular weight excluding hydrogens is 681 g/mol. The lowest BCUT2D eigenvalue weighted by Gasteiger charge is -2.37. The monoisotopic (exact) mass is 728 g/mol. The van der Waals surface area contributed by atoms with E-state index in [-0.39, 0.29) is 23.5 Å². The number of amides is 1. The van der Waals surface area contributed by atoms with Gasteiger partial charge in [-0.2, -0.15) is 13.2 Å². The molecule has 0 aromatic heterocycles. The van der Waals surface area contributed by atoms with E-state index in [1.807, 2.05) is 24.3 Å². The van der Waals surface area contributed by atoms with Gasteiger partial charge in [0.2, 0.25) is 5.91 Å². The predicted octanol–water partition coefficient (Wildman–Crippen LogP) is 9.71. The van der Waals surface area contributed by atoms with Crippen molar-refractivity contribution in [1.82, 2.24) is 10.2 Å². The molecule has 10 heteroatoms. The number of carbonyl (C=O) groups is 2. The first-order chi connectivity index (χ1) is 25.2. The van der Waals surface area contributed by atoms with Crippen molar-refractivity contribution in [2.75, 3.05) is 6.54 Å². The summed E-state index contributed by atoms with van der Waals surface area (Å²) in [6.07, 6.45) is 1.90. The third-order valence-corrected chi connectivity index (χ3v) is 10.4. The number of halogens is 3. The molecule has 7 nitrogen and oxygen atoms in total. The van der Waals surface area contributed by atoms with Crippen LogP contribution in [-0.4, -0.2) is 40.5 Å². The Kier molecular flexibility index (Phi) is 11.5. The van der Waals surface area contributed by atoms with E-state index in [1.165, 1.54) is 43.4 Å². The van der Waals surface area contributed by atoms with E-state index in [0.29, 0.717) is 35.9 Å². The summed E-state index contributed by atoms with van der Waals surface area (Å²) in [5.74, 6) is 1.18. The topological polar surface area (TPSA) is 88.1 Å². The molecule has 1 amide bonds. The maximum atomic E-state index is 14.0. The van der Waals surface area contributed by atoms with Crippen LogP contribution in [0.5, 0.6) is 23.0 Å². The Balaban J connectivity index is 1.13. The summed E-state index contributed by atoms with van der Waals surface area (Å²) in [6.45, 7) is 7.83. The average Bonchev–Trinajstić information content (AvgIpc) is 3.64. The zero-order valence-electron chi connectivity index (χ0n) is 30.4. The lowest BCUT2D eigenvalue weighted by atomic mass is 9.87. The second-order valence-electron chi connectivity index (χ2n) is 15.3. The Bertz CT molecular complexity index is 1860. The van der Waals surface area contributed by atoms with Crippen LogP contribution in [0.4, 0.5) is 13.2 Å². The Morgan fingerprint density at radius 1 is 0.792 bits per heavy atom. The van der Waals surface area contributed by atoms with E-state index in [1.54, 1.807) is 24.3 Å². The first-order valence-electron chi connectivity index (χ1n) is 18.3. The highest BCUT2D eigenvalue weighted by atomic mass is 19.4. The normalized spacial score (nSPS) is 17.2. The van der Waals surface area contributed by atoms with Gasteiger partial charge in [-0.05, 0) is 114 Å². The number of carboxylic acids is 1. The van der Waals surface area contributed by atoms with Gasteiger partial charge in [0.25, 0.3) is 0 Å². The fourth-order valence-electron chi connectivity index (χ4n) is 7.22. The quantitative estimate of drug-likeness (QED) is 0.151. The van der Waals surface area contributed by atoms with Gasteiger partial charge in [0.05, 0.1) is 11.6 Å². The van der Waals surface area contributed by atoms with E-state index < -0.39 is 29.8 Å². The Hall–Kier alpha value is -4.83. The molecule has 1 saturated carbocycles. The smallest absolute Gasteiger partial charge is 0.416 e. The minimum absolute atomic E-state index is 0.0315. The van der Waals surface area contributed by atoms with Crippen molar-refractivity contribution in [3.8, 4) is 23.0 Å². The van der Waals surface area contributed by atoms with Gasteiger partial charge < -0.3 is 19.9 Å². The fraction of sp³-hybridized carbons (Fsp3) is 0.395. The molecule has 4 aromatic rings. The number of carbonyl (C=O) groups excluding carboxylic acids is 1. The predicted molar refractivity (Wildman–Crippen MR) is 197 cm³/mol. The third kappa shape index (κ3) is 9.99. The minimum atomic E-state index is -4.44. The van der Waals surface area contributed by atoms with E-state index >= 15 is 0 Å². The SMILES string of the molecule is CC(C)(C)c1ccc(Oc2ccc3c(c2)C[C@@H](C(=O)N[C@@H](Cc2ccc(Oc4ccc(C(F)(F)F)cc4)cc2)C(=O)O)N(CCC2CCCC2)C3)cc1. The van der Waals surface area contributed by atoms with Gasteiger partial charge in [-0.25, -0.2) is 4.79 Å². The lowest BCUT2D eigenvalue weighted by Crippen LogP contribution is -2.54. The number of benzene rings is 4. The van der Waals surface area contributed by atoms with Gasteiger partial charge in [-0.15, -0.1) is 0 Å². The largest absolute Gasteiger partial charge is 0.480 e. The molecule has 0 spiro atoms. The first-order valence-corrected chi connectivity index (χ1v) is 18.3. The number of alkyl halides is 3. The van der Waals surface area contributed by atoms with Crippen LogP contribution in [0.25, 0.3) is 0 Å². The molecule has 1 aliphatic carbocycles. The number of rotatable bonds is 12. The number of nitrogens with zero attached hydrogens (tertiary/aromatic N) is 1. The zero-order chi connectivity index (χ0) is 37.8. The van der Waals surface area contributed by atoms with Crippen molar-refractivity contribution in [1.29, 1.82) is 0 Å². The van der Waals surface area contributed by atoms with Crippen molar-refractivity contribution >= 4 is 11.9 Å². The number of fused-ring (bicyclic) bond motifs is 1. The van der Waals surface area contributed by atoms with Gasteiger partial charge in [0, 0.05) is 13.0 Å². The van der Waals surface area contributed by atoms with Crippen LogP contribution >= 0.6 is 0 Å². The van der Waals surface area contributed by atoms with Crippen molar-refractivity contribution in [3.63, 3.8) is 0 Å². The Morgan fingerprint density at radius 2 is 1.34 bits per heavy atom. The number of hydrogen-bond donors (Lipinski definition) is 2. The molecule has 1 fully saturated rings. The van der Waals surface area contributed by atoms with Crippen molar-refractivity contribution in [3.05, 3.63) is 119 Å². The van der Waals surface area contributed by atoms with E-state index in [2.05, 4.69) is 49.2 Å². The molecule has 0 radical (unpaired) electrons. The van der Waals surface area contributed by atoms with Gasteiger partial charge in [0.1, 0.15) is 29.0 Å². The number of nitrogens with one attached hydrogen (secondary N) is 1. The van der Waals surface area contributed by atoms with Crippen molar-refractivity contribution < 1.29 is 37.3 Å². The van der Waals surface area contributed by atoms with Gasteiger partial charge in [0.15, 0.2) is 0 Å². The van der Waals surface area contributed by atoms with Crippen LogP contribution in [-0.2, 0) is 40.6 Å². The second kappa shape index (κ2) is 16.0. The standard InChI is InChI=1S/C43H47F3N2O5/c1-42(2,3)32-11-18-36(19-12-32)53-37-17-10-30-27-48(23-22-28-6-4-5-7-28)39(26-31(30)25-37)40(49)47-38(41(50)51)24-29-8-15-34(16-9-29)52-35-20-13-33(14-21-35)43(44,45)46/h8-21,25,28,38-39H,4-7,22-24,26-27H2,1-3H3,(H,47,49)(H,50,51)/t38-,39-/m0/s1. The number of hydrogen-bond acceptors (Lipinski definition) is 5. The van der Waals surface area contributed by atoms with Crippen LogP contribution in [0, 0.1) is 5.92 Å². The minimum Gasteiger partial charge on any atom is -0.480 e. The molecule has 2 aliphatic rings. The maximum Gasteiger partial charge on any atom is 0.416 e. The zero-order valence-corrected chi connectivity index (χ0v) is 30.4. The van der Waals surface area contributed by atoms with Crippen LogP contribution < -0.4 is 14.8 Å². The molecule has 280 valence electrons. The van der Waals surface area contributed by atoms with E-state index in [0.717, 1.165) is 42.0 Å². The Labute approximate surface area is 309 Å². The molecule has 2 N–H and O–H groups in total. The number of aliphatic carboxylic acids is 1. The summed E-state index contributed by atoms with van der Waals surface area (Å²) in [7, 11) is 0. The van der Waals surface area contributed by atoms with E-state index in [4.69, 9.17) is 9.47 Å². The molecular formula is C43H47F3N2O5. The van der Waals surface area contributed by atoms with E-state index in [9.17, 15) is 27.9 Å². The fourth-order valence-corrected chi connectivity index (χ4v) is 7.22. The third-order valence-electron chi connectivity index (χ3n) is 10.4. The molecule has 4 aromatic carbocycles. The highest BCUT2D eigenvalue weighted by Crippen LogP contribution is 2.34. The molecule has 0 bridgehead atoms. The van der Waals surface area contributed by atoms with Crippen LogP contribution in [0.1, 0.15) is 80.7 Å². The second-order valence-corrected chi connectivity index (χ2v) is 15.3. The average molecular weight is 729 g/mol.